The van der Waals surface area contributed by atoms with E-state index in [0.29, 0.717) is 11.8 Å². The third kappa shape index (κ3) is 4.77. The van der Waals surface area contributed by atoms with E-state index >= 15 is 0 Å². The second-order valence-corrected chi connectivity index (χ2v) is 5.98. The van der Waals surface area contributed by atoms with E-state index in [1.54, 1.807) is 0 Å². The van der Waals surface area contributed by atoms with Gasteiger partial charge in [-0.15, -0.1) is 0 Å². The quantitative estimate of drug-likeness (QED) is 0.824. The molecule has 0 spiro atoms. The topological polar surface area (TPSA) is 41.6 Å². The molecule has 0 bridgehead atoms. The van der Waals surface area contributed by atoms with E-state index in [2.05, 4.69) is 10.2 Å². The smallest absolute Gasteiger partial charge is 0.222 e. The van der Waals surface area contributed by atoms with Crippen molar-refractivity contribution in [3.05, 3.63) is 0 Å². The third-order valence-corrected chi connectivity index (χ3v) is 4.57. The summed E-state index contributed by atoms with van der Waals surface area (Å²) < 4.78 is 5.35. The highest BCUT2D eigenvalue weighted by Gasteiger charge is 2.25. The van der Waals surface area contributed by atoms with Gasteiger partial charge in [0.25, 0.3) is 0 Å². The van der Waals surface area contributed by atoms with Crippen molar-refractivity contribution in [1.29, 1.82) is 0 Å². The predicted molar refractivity (Wildman–Crippen MR) is 76.0 cm³/mol. The normalized spacial score (nSPS) is 22.7. The lowest BCUT2D eigenvalue weighted by molar-refractivity contribution is -0.134. The van der Waals surface area contributed by atoms with Gasteiger partial charge in [0.1, 0.15) is 0 Å². The zero-order valence-electron chi connectivity index (χ0n) is 12.2. The Morgan fingerprint density at radius 3 is 2.47 bits per heavy atom. The fraction of sp³-hybridized carbons (Fsp3) is 0.933. The van der Waals surface area contributed by atoms with Crippen LogP contribution in [0.2, 0.25) is 0 Å². The summed E-state index contributed by atoms with van der Waals surface area (Å²) in [5.74, 6) is 1.74. The highest BCUT2D eigenvalue weighted by molar-refractivity contribution is 5.76. The molecule has 2 rings (SSSR count). The third-order valence-electron chi connectivity index (χ3n) is 4.57. The summed E-state index contributed by atoms with van der Waals surface area (Å²) in [6, 6.07) is 0. The maximum atomic E-state index is 12.3. The molecule has 0 unspecified atom stereocenters. The van der Waals surface area contributed by atoms with Crippen LogP contribution in [0.1, 0.15) is 38.5 Å². The van der Waals surface area contributed by atoms with Gasteiger partial charge in [-0.25, -0.2) is 0 Å². The minimum absolute atomic E-state index is 0.374. The Hall–Kier alpha value is -0.610. The molecule has 0 atom stereocenters. The summed E-state index contributed by atoms with van der Waals surface area (Å²) in [7, 11) is 2.01. The highest BCUT2D eigenvalue weighted by Crippen LogP contribution is 2.23. The lowest BCUT2D eigenvalue weighted by Crippen LogP contribution is -2.40. The fourth-order valence-electron chi connectivity index (χ4n) is 3.15. The van der Waals surface area contributed by atoms with Gasteiger partial charge in [-0.1, -0.05) is 0 Å². The van der Waals surface area contributed by atoms with Gasteiger partial charge in [0.2, 0.25) is 5.91 Å². The molecule has 0 aromatic rings. The Morgan fingerprint density at radius 2 is 1.84 bits per heavy atom. The Kier molecular flexibility index (Phi) is 6.11. The molecule has 4 heteroatoms. The van der Waals surface area contributed by atoms with Crippen LogP contribution in [0, 0.1) is 11.8 Å². The van der Waals surface area contributed by atoms with Crippen LogP contribution < -0.4 is 5.32 Å². The molecular weight excluding hydrogens is 240 g/mol. The molecule has 4 nitrogen and oxygen atoms in total. The van der Waals surface area contributed by atoms with E-state index in [9.17, 15) is 4.79 Å². The molecule has 0 aliphatic carbocycles. The fourth-order valence-corrected chi connectivity index (χ4v) is 3.15. The summed E-state index contributed by atoms with van der Waals surface area (Å²) in [5, 5.41) is 3.21. The van der Waals surface area contributed by atoms with E-state index in [4.69, 9.17) is 4.74 Å². The van der Waals surface area contributed by atoms with Crippen LogP contribution in [-0.4, -0.2) is 50.7 Å². The number of hydrogen-bond donors (Lipinski definition) is 1. The summed E-state index contributed by atoms with van der Waals surface area (Å²) in [4.78, 5) is 14.3. The summed E-state index contributed by atoms with van der Waals surface area (Å²) in [6.45, 7) is 4.71. The standard InChI is InChI=1S/C15H28N2O2/c1-16-7-2-13-3-8-17(9-4-13)15(18)12-14-5-10-19-11-6-14/h13-14,16H,2-12H2,1H3. The van der Waals surface area contributed by atoms with Crippen molar-refractivity contribution in [2.24, 2.45) is 11.8 Å². The van der Waals surface area contributed by atoms with E-state index in [0.717, 1.165) is 58.0 Å². The maximum absolute atomic E-state index is 12.3. The summed E-state index contributed by atoms with van der Waals surface area (Å²) in [5.41, 5.74) is 0. The predicted octanol–water partition coefficient (Wildman–Crippen LogP) is 1.65. The summed E-state index contributed by atoms with van der Waals surface area (Å²) in [6.07, 6.45) is 6.47. The molecular formula is C15H28N2O2. The van der Waals surface area contributed by atoms with Gasteiger partial charge in [-0.3, -0.25) is 4.79 Å². The second-order valence-electron chi connectivity index (χ2n) is 5.98. The first-order valence-electron chi connectivity index (χ1n) is 7.79. The van der Waals surface area contributed by atoms with Crippen molar-refractivity contribution in [2.45, 2.75) is 38.5 Å². The maximum Gasteiger partial charge on any atom is 0.222 e. The van der Waals surface area contributed by atoms with Crippen LogP contribution in [0.4, 0.5) is 0 Å². The largest absolute Gasteiger partial charge is 0.381 e. The van der Waals surface area contributed by atoms with Gasteiger partial charge < -0.3 is 15.0 Å². The monoisotopic (exact) mass is 268 g/mol. The number of rotatable bonds is 5. The van der Waals surface area contributed by atoms with E-state index in [-0.39, 0.29) is 0 Å². The molecule has 1 amide bonds. The lowest BCUT2D eigenvalue weighted by atomic mass is 9.92. The zero-order chi connectivity index (χ0) is 13.5. The lowest BCUT2D eigenvalue weighted by Gasteiger charge is -2.33. The van der Waals surface area contributed by atoms with Gasteiger partial charge in [0, 0.05) is 32.7 Å². The molecule has 2 aliphatic heterocycles. The van der Waals surface area contributed by atoms with Crippen LogP contribution in [0.5, 0.6) is 0 Å². The molecule has 110 valence electrons. The number of carbonyl (C=O) groups is 1. The van der Waals surface area contributed by atoms with Gasteiger partial charge in [-0.2, -0.15) is 0 Å². The molecule has 2 aliphatic rings. The van der Waals surface area contributed by atoms with E-state index < -0.39 is 0 Å². The van der Waals surface area contributed by atoms with Crippen molar-refractivity contribution in [1.82, 2.24) is 10.2 Å². The molecule has 2 saturated heterocycles. The first kappa shape index (κ1) is 14.8. The van der Waals surface area contributed by atoms with E-state index in [1.165, 1.54) is 19.3 Å². The number of hydrogen-bond acceptors (Lipinski definition) is 3. The van der Waals surface area contributed by atoms with Crippen molar-refractivity contribution in [3.8, 4) is 0 Å². The Morgan fingerprint density at radius 1 is 1.16 bits per heavy atom. The average Bonchev–Trinajstić information content (AvgIpc) is 2.46. The van der Waals surface area contributed by atoms with Gasteiger partial charge in [0.05, 0.1) is 0 Å². The Bertz CT molecular complexity index is 269. The molecule has 0 radical (unpaired) electrons. The van der Waals surface area contributed by atoms with Crippen LogP contribution in [0.3, 0.4) is 0 Å². The van der Waals surface area contributed by atoms with Crippen LogP contribution >= 0.6 is 0 Å². The molecule has 1 N–H and O–H groups in total. The highest BCUT2D eigenvalue weighted by atomic mass is 16.5. The second kappa shape index (κ2) is 7.85. The minimum atomic E-state index is 0.374. The van der Waals surface area contributed by atoms with Gasteiger partial charge in [0.15, 0.2) is 0 Å². The number of ether oxygens (including phenoxy) is 1. The first-order valence-corrected chi connectivity index (χ1v) is 7.79. The first-order chi connectivity index (χ1) is 9.29. The average molecular weight is 268 g/mol. The van der Waals surface area contributed by atoms with Crippen LogP contribution in [0.15, 0.2) is 0 Å². The van der Waals surface area contributed by atoms with Crippen LogP contribution in [0.25, 0.3) is 0 Å². The SMILES string of the molecule is CNCCC1CCN(C(=O)CC2CCOCC2)CC1. The van der Waals surface area contributed by atoms with E-state index in [1.807, 2.05) is 7.05 Å². The molecule has 2 heterocycles. The summed E-state index contributed by atoms with van der Waals surface area (Å²) >= 11 is 0. The van der Waals surface area contributed by atoms with Crippen molar-refractivity contribution < 1.29 is 9.53 Å². The minimum Gasteiger partial charge on any atom is -0.381 e. The molecule has 0 aromatic heterocycles. The molecule has 19 heavy (non-hydrogen) atoms. The number of nitrogens with one attached hydrogen (secondary N) is 1. The van der Waals surface area contributed by atoms with Crippen molar-refractivity contribution in [3.63, 3.8) is 0 Å². The van der Waals surface area contributed by atoms with Crippen molar-refractivity contribution in [2.75, 3.05) is 39.9 Å². The molecule has 2 fully saturated rings. The Labute approximate surface area is 116 Å². The Balaban J connectivity index is 1.67. The van der Waals surface area contributed by atoms with Gasteiger partial charge in [-0.05, 0) is 57.5 Å². The number of likely N-dealkylation sites (tertiary alicyclic amines) is 1. The molecule has 0 aromatic carbocycles. The number of nitrogens with zero attached hydrogens (tertiary/aromatic N) is 1. The van der Waals surface area contributed by atoms with Crippen molar-refractivity contribution >= 4 is 5.91 Å². The van der Waals surface area contributed by atoms with Crippen LogP contribution in [-0.2, 0) is 9.53 Å². The molecule has 0 saturated carbocycles. The number of piperidine rings is 1. The zero-order valence-corrected chi connectivity index (χ0v) is 12.2. The number of amides is 1. The van der Waals surface area contributed by atoms with Gasteiger partial charge >= 0.3 is 0 Å². The number of carbonyl (C=O) groups excluding carboxylic acids is 1.